The lowest BCUT2D eigenvalue weighted by Gasteiger charge is -2.22. The van der Waals surface area contributed by atoms with Gasteiger partial charge in [0.25, 0.3) is 0 Å². The van der Waals surface area contributed by atoms with Crippen molar-refractivity contribution in [2.45, 2.75) is 32.1 Å². The summed E-state index contributed by atoms with van der Waals surface area (Å²) in [4.78, 5) is 0. The monoisotopic (exact) mass is 311 g/mol. The molecule has 0 atom stereocenters. The van der Waals surface area contributed by atoms with Crippen molar-refractivity contribution in [1.29, 1.82) is 0 Å². The second-order valence-corrected chi connectivity index (χ2v) is 8.47. The van der Waals surface area contributed by atoms with E-state index in [1.807, 2.05) is 19.1 Å². The zero-order valence-electron chi connectivity index (χ0n) is 12.7. The zero-order chi connectivity index (χ0) is 15.7. The molecule has 7 heteroatoms. The lowest BCUT2D eigenvalue weighted by atomic mass is 10.2. The molecule has 0 aliphatic heterocycles. The van der Waals surface area contributed by atoms with Gasteiger partial charge < -0.3 is 9.73 Å². The summed E-state index contributed by atoms with van der Waals surface area (Å²) in [5, 5.41) is 10.1. The molecule has 6 nitrogen and oxygen atoms in total. The van der Waals surface area contributed by atoms with Crippen molar-refractivity contribution in [3.8, 4) is 11.5 Å². The van der Waals surface area contributed by atoms with Crippen LogP contribution in [0.2, 0.25) is 0 Å². The van der Waals surface area contributed by atoms with Crippen LogP contribution in [0.3, 0.4) is 0 Å². The maximum atomic E-state index is 11.7. The van der Waals surface area contributed by atoms with Crippen LogP contribution in [0.25, 0.3) is 11.5 Å². The van der Waals surface area contributed by atoms with Crippen molar-refractivity contribution in [3.05, 3.63) is 29.7 Å². The summed E-state index contributed by atoms with van der Waals surface area (Å²) in [5.74, 6) is 1.56. The van der Waals surface area contributed by atoms with Gasteiger partial charge in [0, 0.05) is 24.9 Å². The van der Waals surface area contributed by atoms with E-state index in [0.29, 0.717) is 13.1 Å². The van der Waals surface area contributed by atoms with Crippen LogP contribution in [0.15, 0.2) is 22.7 Å². The number of sulfone groups is 1. The minimum atomic E-state index is -3.11. The van der Waals surface area contributed by atoms with Crippen LogP contribution in [0, 0.1) is 6.92 Å². The van der Waals surface area contributed by atoms with Crippen molar-refractivity contribution >= 4 is 9.84 Å². The Morgan fingerprint density at radius 2 is 2.10 bits per heavy atom. The summed E-state index contributed by atoms with van der Waals surface area (Å²) in [5.41, 5.74) is 1.75. The molecular weight excluding hydrogens is 290 g/mol. The molecule has 0 aliphatic carbocycles. The minimum Gasteiger partial charge on any atom is -0.460 e. The number of aromatic amines is 1. The van der Waals surface area contributed by atoms with Crippen LogP contribution >= 0.6 is 0 Å². The van der Waals surface area contributed by atoms with Gasteiger partial charge in [-0.05, 0) is 32.9 Å². The first-order valence-electron chi connectivity index (χ1n) is 6.70. The summed E-state index contributed by atoms with van der Waals surface area (Å²) >= 11 is 0. The standard InChI is InChI=1S/C14H21N3O3S/c1-10-5-6-12(20-10)13-11(8-16-17-13)7-15-9-14(2,3)21(4,18)19/h5-6,8,15H,7,9H2,1-4H3,(H,16,17). The van der Waals surface area contributed by atoms with E-state index in [2.05, 4.69) is 15.5 Å². The van der Waals surface area contributed by atoms with Crippen molar-refractivity contribution in [2.75, 3.05) is 12.8 Å². The van der Waals surface area contributed by atoms with E-state index in [0.717, 1.165) is 22.8 Å². The molecule has 21 heavy (non-hydrogen) atoms. The molecule has 0 spiro atoms. The van der Waals surface area contributed by atoms with E-state index in [9.17, 15) is 8.42 Å². The van der Waals surface area contributed by atoms with Crippen molar-refractivity contribution in [2.24, 2.45) is 0 Å². The van der Waals surface area contributed by atoms with Crippen LogP contribution < -0.4 is 5.32 Å². The molecule has 2 N–H and O–H groups in total. The molecule has 0 saturated carbocycles. The third kappa shape index (κ3) is 3.54. The van der Waals surface area contributed by atoms with Crippen LogP contribution in [0.1, 0.15) is 25.2 Å². The fraction of sp³-hybridized carbons (Fsp3) is 0.500. The highest BCUT2D eigenvalue weighted by Gasteiger charge is 2.29. The molecule has 2 aromatic heterocycles. The quantitative estimate of drug-likeness (QED) is 0.850. The van der Waals surface area contributed by atoms with Crippen LogP contribution in [-0.4, -0.2) is 36.2 Å². The highest BCUT2D eigenvalue weighted by atomic mass is 32.2. The Balaban J connectivity index is 2.04. The van der Waals surface area contributed by atoms with E-state index in [4.69, 9.17) is 4.42 Å². The normalized spacial score (nSPS) is 12.8. The minimum absolute atomic E-state index is 0.369. The first-order valence-corrected chi connectivity index (χ1v) is 8.59. The Labute approximate surface area is 124 Å². The summed E-state index contributed by atoms with van der Waals surface area (Å²) in [6, 6.07) is 3.77. The van der Waals surface area contributed by atoms with Crippen molar-refractivity contribution in [1.82, 2.24) is 15.5 Å². The van der Waals surface area contributed by atoms with Gasteiger partial charge in [0.1, 0.15) is 11.5 Å². The number of hydrogen-bond donors (Lipinski definition) is 2. The SMILES string of the molecule is Cc1ccc(-c2[nH]ncc2CNCC(C)(C)S(C)(=O)=O)o1. The molecule has 2 aromatic rings. The zero-order valence-corrected chi connectivity index (χ0v) is 13.5. The van der Waals surface area contributed by atoms with Crippen molar-refractivity contribution < 1.29 is 12.8 Å². The lowest BCUT2D eigenvalue weighted by molar-refractivity contribution is 0.520. The number of H-pyrrole nitrogens is 1. The van der Waals surface area contributed by atoms with E-state index in [-0.39, 0.29) is 0 Å². The smallest absolute Gasteiger partial charge is 0.153 e. The highest BCUT2D eigenvalue weighted by molar-refractivity contribution is 7.92. The number of aromatic nitrogens is 2. The van der Waals surface area contributed by atoms with Gasteiger partial charge in [-0.2, -0.15) is 5.10 Å². The summed E-state index contributed by atoms with van der Waals surface area (Å²) < 4.78 is 28.1. The number of furan rings is 1. The second-order valence-electron chi connectivity index (χ2n) is 5.82. The first kappa shape index (κ1) is 15.8. The molecule has 2 rings (SSSR count). The average molecular weight is 311 g/mol. The van der Waals surface area contributed by atoms with E-state index < -0.39 is 14.6 Å². The molecule has 0 saturated heterocycles. The van der Waals surface area contributed by atoms with Gasteiger partial charge in [-0.15, -0.1) is 0 Å². The molecule has 0 unspecified atom stereocenters. The fourth-order valence-electron chi connectivity index (χ4n) is 1.86. The topological polar surface area (TPSA) is 88.0 Å². The van der Waals surface area contributed by atoms with Crippen molar-refractivity contribution in [3.63, 3.8) is 0 Å². The van der Waals surface area contributed by atoms with E-state index in [1.165, 1.54) is 6.26 Å². The predicted molar refractivity (Wildman–Crippen MR) is 81.7 cm³/mol. The Morgan fingerprint density at radius 3 is 2.67 bits per heavy atom. The third-order valence-corrected chi connectivity index (χ3v) is 5.73. The fourth-order valence-corrected chi connectivity index (χ4v) is 2.22. The number of hydrogen-bond acceptors (Lipinski definition) is 5. The summed E-state index contributed by atoms with van der Waals surface area (Å²) in [6.45, 7) is 6.19. The number of nitrogens with one attached hydrogen (secondary N) is 2. The van der Waals surface area contributed by atoms with Gasteiger partial charge in [0.2, 0.25) is 0 Å². The second kappa shape index (κ2) is 5.65. The van der Waals surface area contributed by atoms with Crippen LogP contribution in [-0.2, 0) is 16.4 Å². The molecule has 0 aromatic carbocycles. The van der Waals surface area contributed by atoms with Gasteiger partial charge >= 0.3 is 0 Å². The molecule has 0 amide bonds. The van der Waals surface area contributed by atoms with Gasteiger partial charge in [-0.25, -0.2) is 8.42 Å². The van der Waals surface area contributed by atoms with Crippen LogP contribution in [0.4, 0.5) is 0 Å². The average Bonchev–Trinajstić information content (AvgIpc) is 2.96. The maximum Gasteiger partial charge on any atom is 0.153 e. The molecule has 0 aliphatic rings. The van der Waals surface area contributed by atoms with Crippen LogP contribution in [0.5, 0.6) is 0 Å². The Bertz CT molecular complexity index is 713. The van der Waals surface area contributed by atoms with Gasteiger partial charge in [0.05, 0.1) is 10.9 Å². The molecular formula is C14H21N3O3S. The molecule has 2 heterocycles. The Kier molecular flexibility index (Phi) is 4.25. The first-order chi connectivity index (χ1) is 9.71. The lowest BCUT2D eigenvalue weighted by Crippen LogP contribution is -2.41. The Morgan fingerprint density at radius 1 is 1.38 bits per heavy atom. The predicted octanol–water partition coefficient (Wildman–Crippen LogP) is 1.89. The summed E-state index contributed by atoms with van der Waals surface area (Å²) in [7, 11) is -3.11. The number of nitrogens with zero attached hydrogens (tertiary/aromatic N) is 1. The molecule has 0 radical (unpaired) electrons. The number of aryl methyl sites for hydroxylation is 1. The van der Waals surface area contributed by atoms with Gasteiger partial charge in [-0.3, -0.25) is 5.10 Å². The largest absolute Gasteiger partial charge is 0.460 e. The molecule has 0 fully saturated rings. The van der Waals surface area contributed by atoms with E-state index in [1.54, 1.807) is 20.0 Å². The molecule has 0 bridgehead atoms. The summed E-state index contributed by atoms with van der Waals surface area (Å²) in [6.07, 6.45) is 2.97. The molecule has 116 valence electrons. The van der Waals surface area contributed by atoms with Gasteiger partial charge in [-0.1, -0.05) is 0 Å². The van der Waals surface area contributed by atoms with E-state index >= 15 is 0 Å². The Hall–Kier alpha value is -1.60. The van der Waals surface area contributed by atoms with Gasteiger partial charge in [0.15, 0.2) is 15.6 Å². The third-order valence-electron chi connectivity index (χ3n) is 3.57. The maximum absolute atomic E-state index is 11.7. The highest BCUT2D eigenvalue weighted by Crippen LogP contribution is 2.23. The number of rotatable bonds is 6.